The largest absolute Gasteiger partial charge is 0.489 e. The minimum atomic E-state index is -3.69. The van der Waals surface area contributed by atoms with Gasteiger partial charge in [-0.2, -0.15) is 4.31 Å². The Balaban J connectivity index is 1.58. The van der Waals surface area contributed by atoms with E-state index in [0.29, 0.717) is 11.4 Å². The number of nitrogens with one attached hydrogen (secondary N) is 1. The predicted molar refractivity (Wildman–Crippen MR) is 110 cm³/mol. The van der Waals surface area contributed by atoms with Crippen LogP contribution in [0.25, 0.3) is 0 Å². The van der Waals surface area contributed by atoms with Gasteiger partial charge in [-0.05, 0) is 41.3 Å². The third-order valence-electron chi connectivity index (χ3n) is 3.94. The first-order chi connectivity index (χ1) is 13.8. The zero-order valence-electron chi connectivity index (χ0n) is 15.5. The Bertz CT molecular complexity index is 1090. The highest BCUT2D eigenvalue weighted by Gasteiger charge is 2.23. The summed E-state index contributed by atoms with van der Waals surface area (Å²) in [5, 5.41) is 4.35. The second-order valence-corrected chi connectivity index (χ2v) is 9.41. The number of likely N-dealkylation sites (N-methyl/N-ethyl adjacent to an activating group) is 1. The fourth-order valence-corrected chi connectivity index (χ4v) is 4.84. The van der Waals surface area contributed by atoms with E-state index in [1.807, 2.05) is 6.07 Å². The van der Waals surface area contributed by atoms with E-state index in [2.05, 4.69) is 5.32 Å². The molecule has 152 valence electrons. The number of amides is 1. The van der Waals surface area contributed by atoms with Crippen LogP contribution in [0.2, 0.25) is 0 Å². The van der Waals surface area contributed by atoms with Gasteiger partial charge in [-0.3, -0.25) is 4.79 Å². The lowest BCUT2D eigenvalue weighted by Crippen LogP contribution is -2.34. The molecular weight excluding hydrogens is 415 g/mol. The lowest BCUT2D eigenvalue weighted by Gasteiger charge is -2.16. The first-order valence-electron chi connectivity index (χ1n) is 8.61. The molecule has 0 saturated heterocycles. The van der Waals surface area contributed by atoms with E-state index in [-0.39, 0.29) is 23.2 Å². The van der Waals surface area contributed by atoms with E-state index >= 15 is 0 Å². The molecule has 1 N–H and O–H groups in total. The third kappa shape index (κ3) is 5.63. The van der Waals surface area contributed by atoms with Crippen LogP contribution >= 0.6 is 11.3 Å². The smallest absolute Gasteiger partial charge is 0.252 e. The highest BCUT2D eigenvalue weighted by atomic mass is 32.2. The summed E-state index contributed by atoms with van der Waals surface area (Å²) in [4.78, 5) is 12.3. The van der Waals surface area contributed by atoms with E-state index in [4.69, 9.17) is 4.74 Å². The number of thiophene rings is 1. The maximum absolute atomic E-state index is 13.2. The first-order valence-corrected chi connectivity index (χ1v) is 10.9. The van der Waals surface area contributed by atoms with Crippen LogP contribution in [0.3, 0.4) is 0 Å². The van der Waals surface area contributed by atoms with Crippen molar-refractivity contribution in [3.63, 3.8) is 0 Å². The molecule has 0 fully saturated rings. The topological polar surface area (TPSA) is 75.7 Å². The molecule has 3 rings (SSSR count). The fraction of sp³-hybridized carbons (Fsp3) is 0.150. The molecule has 0 aliphatic carbocycles. The summed E-state index contributed by atoms with van der Waals surface area (Å²) in [5.74, 6) is -0.444. The number of hydrogen-bond donors (Lipinski definition) is 1. The van der Waals surface area contributed by atoms with Crippen molar-refractivity contribution in [2.75, 3.05) is 18.9 Å². The summed E-state index contributed by atoms with van der Waals surface area (Å²) in [6, 6.07) is 15.9. The second-order valence-electron chi connectivity index (χ2n) is 6.19. The predicted octanol–water partition coefficient (Wildman–Crippen LogP) is 3.73. The van der Waals surface area contributed by atoms with Gasteiger partial charge in [0.1, 0.15) is 22.4 Å². The molecule has 0 saturated carbocycles. The van der Waals surface area contributed by atoms with Crippen LogP contribution in [0.15, 0.2) is 70.3 Å². The summed E-state index contributed by atoms with van der Waals surface area (Å²) in [7, 11) is -2.33. The number of carbonyl (C=O) groups is 1. The van der Waals surface area contributed by atoms with Crippen molar-refractivity contribution in [3.8, 4) is 5.75 Å². The minimum absolute atomic E-state index is 0.185. The lowest BCUT2D eigenvalue weighted by molar-refractivity contribution is -0.116. The van der Waals surface area contributed by atoms with Gasteiger partial charge >= 0.3 is 0 Å². The Hall–Kier alpha value is -2.75. The van der Waals surface area contributed by atoms with E-state index in [1.165, 1.54) is 25.2 Å². The molecule has 1 aromatic heterocycles. The van der Waals surface area contributed by atoms with Gasteiger partial charge in [0.05, 0.1) is 6.54 Å². The number of anilines is 1. The van der Waals surface area contributed by atoms with Gasteiger partial charge in [-0.1, -0.05) is 24.3 Å². The normalized spacial score (nSPS) is 11.4. The summed E-state index contributed by atoms with van der Waals surface area (Å²) < 4.78 is 44.7. The SMILES string of the molecule is CN(CC(=O)Nc1cccc(COc2cccc(F)c2)c1)S(=O)(=O)c1cccs1. The molecule has 0 bridgehead atoms. The van der Waals surface area contributed by atoms with E-state index in [9.17, 15) is 17.6 Å². The van der Waals surface area contributed by atoms with Crippen LogP contribution in [-0.2, 0) is 21.4 Å². The zero-order chi connectivity index (χ0) is 20.9. The molecule has 9 heteroatoms. The van der Waals surface area contributed by atoms with E-state index < -0.39 is 15.9 Å². The molecule has 0 radical (unpaired) electrons. The van der Waals surface area contributed by atoms with Crippen LogP contribution in [0.4, 0.5) is 10.1 Å². The second kappa shape index (κ2) is 9.17. The summed E-state index contributed by atoms with van der Waals surface area (Å²) in [6.45, 7) is -0.121. The number of halogens is 1. The van der Waals surface area contributed by atoms with Crippen molar-refractivity contribution in [2.45, 2.75) is 10.8 Å². The van der Waals surface area contributed by atoms with Crippen molar-refractivity contribution < 1.29 is 22.3 Å². The van der Waals surface area contributed by atoms with Gasteiger partial charge in [-0.25, -0.2) is 12.8 Å². The molecule has 29 heavy (non-hydrogen) atoms. The minimum Gasteiger partial charge on any atom is -0.489 e. The molecule has 2 aromatic carbocycles. The standard InChI is InChI=1S/C20H19FN2O4S2/c1-23(29(25,26)20-9-4-10-28-20)13-19(24)22-17-7-2-5-15(11-17)14-27-18-8-3-6-16(21)12-18/h2-12H,13-14H2,1H3,(H,22,24). The molecule has 3 aromatic rings. The van der Waals surface area contributed by atoms with E-state index in [1.54, 1.807) is 41.8 Å². The summed E-state index contributed by atoms with van der Waals surface area (Å²) in [6.07, 6.45) is 0. The first kappa shape index (κ1) is 21.0. The van der Waals surface area contributed by atoms with Gasteiger partial charge < -0.3 is 10.1 Å². The Kier molecular flexibility index (Phi) is 6.63. The fourth-order valence-electron chi connectivity index (χ4n) is 2.51. The molecule has 1 amide bonds. The van der Waals surface area contributed by atoms with Gasteiger partial charge in [0.25, 0.3) is 10.0 Å². The average molecular weight is 435 g/mol. The number of nitrogens with zero attached hydrogens (tertiary/aromatic N) is 1. The van der Waals surface area contributed by atoms with Crippen LogP contribution in [0, 0.1) is 5.82 Å². The van der Waals surface area contributed by atoms with Gasteiger partial charge in [0.15, 0.2) is 0 Å². The summed E-state index contributed by atoms with van der Waals surface area (Å²) >= 11 is 1.10. The third-order valence-corrected chi connectivity index (χ3v) is 7.11. The quantitative estimate of drug-likeness (QED) is 0.586. The molecule has 0 aliphatic heterocycles. The molecule has 1 heterocycles. The van der Waals surface area contributed by atoms with Crippen LogP contribution < -0.4 is 10.1 Å². The van der Waals surface area contributed by atoms with Gasteiger partial charge in [0.2, 0.25) is 5.91 Å². The molecule has 0 unspecified atom stereocenters. The number of carbonyl (C=O) groups excluding carboxylic acids is 1. The molecule has 0 spiro atoms. The van der Waals surface area contributed by atoms with Crippen molar-refractivity contribution in [3.05, 3.63) is 77.4 Å². The highest BCUT2D eigenvalue weighted by Crippen LogP contribution is 2.20. The maximum Gasteiger partial charge on any atom is 0.252 e. The van der Waals surface area contributed by atoms with Crippen LogP contribution in [-0.4, -0.2) is 32.2 Å². The highest BCUT2D eigenvalue weighted by molar-refractivity contribution is 7.91. The average Bonchev–Trinajstić information content (AvgIpc) is 3.22. The monoisotopic (exact) mass is 434 g/mol. The molecule has 6 nitrogen and oxygen atoms in total. The van der Waals surface area contributed by atoms with E-state index in [0.717, 1.165) is 21.2 Å². The van der Waals surface area contributed by atoms with Crippen molar-refractivity contribution in [1.29, 1.82) is 0 Å². The Morgan fingerprint density at radius 1 is 1.14 bits per heavy atom. The summed E-state index contributed by atoms with van der Waals surface area (Å²) in [5.41, 5.74) is 1.28. The number of hydrogen-bond acceptors (Lipinski definition) is 5. The zero-order valence-corrected chi connectivity index (χ0v) is 17.2. The van der Waals surface area contributed by atoms with Gasteiger partial charge in [0, 0.05) is 18.8 Å². The number of rotatable bonds is 8. The van der Waals surface area contributed by atoms with Crippen molar-refractivity contribution in [2.24, 2.45) is 0 Å². The maximum atomic E-state index is 13.2. The molecule has 0 aliphatic rings. The Morgan fingerprint density at radius 3 is 2.66 bits per heavy atom. The van der Waals surface area contributed by atoms with Crippen LogP contribution in [0.5, 0.6) is 5.75 Å². The number of ether oxygens (including phenoxy) is 1. The number of benzene rings is 2. The molecular formula is C20H19FN2O4S2. The molecule has 0 atom stereocenters. The number of sulfonamides is 1. The van der Waals surface area contributed by atoms with Gasteiger partial charge in [-0.15, -0.1) is 11.3 Å². The van der Waals surface area contributed by atoms with Crippen LogP contribution in [0.1, 0.15) is 5.56 Å². The van der Waals surface area contributed by atoms with Crippen molar-refractivity contribution >= 4 is 33.0 Å². The Labute approximate surface area is 172 Å². The van der Waals surface area contributed by atoms with Crippen molar-refractivity contribution in [1.82, 2.24) is 4.31 Å². The Morgan fingerprint density at radius 2 is 1.93 bits per heavy atom. The lowest BCUT2D eigenvalue weighted by atomic mass is 10.2.